The van der Waals surface area contributed by atoms with Crippen LogP contribution in [0.2, 0.25) is 0 Å². The average molecular weight is 376 g/mol. The van der Waals surface area contributed by atoms with Gasteiger partial charge in [0.1, 0.15) is 17.3 Å². The Morgan fingerprint density at radius 3 is 2.52 bits per heavy atom. The Hall–Kier alpha value is -2.77. The van der Waals surface area contributed by atoms with E-state index in [-0.39, 0.29) is 29.9 Å². The zero-order chi connectivity index (χ0) is 20.3. The van der Waals surface area contributed by atoms with Crippen molar-refractivity contribution in [2.24, 2.45) is 5.92 Å². The van der Waals surface area contributed by atoms with E-state index < -0.39 is 11.2 Å². The first-order chi connectivity index (χ1) is 12.7. The van der Waals surface area contributed by atoms with Crippen molar-refractivity contribution in [2.75, 3.05) is 17.2 Å². The van der Waals surface area contributed by atoms with E-state index in [1.807, 2.05) is 20.8 Å². The van der Waals surface area contributed by atoms with Crippen LogP contribution >= 0.6 is 0 Å². The van der Waals surface area contributed by atoms with Crippen LogP contribution in [-0.2, 0) is 6.54 Å². The van der Waals surface area contributed by atoms with Crippen LogP contribution in [0.1, 0.15) is 55.5 Å². The molecule has 0 saturated heterocycles. The number of hydrogen-bond donors (Lipinski definition) is 2. The third-order valence-electron chi connectivity index (χ3n) is 4.28. The molecule has 0 atom stereocenters. The predicted molar refractivity (Wildman–Crippen MR) is 105 cm³/mol. The Kier molecular flexibility index (Phi) is 6.30. The number of hydrogen-bond acceptors (Lipinski definition) is 5. The molecule has 2 heterocycles. The van der Waals surface area contributed by atoms with E-state index >= 15 is 0 Å². The monoisotopic (exact) mass is 376 g/mol. The van der Waals surface area contributed by atoms with Gasteiger partial charge in [-0.2, -0.15) is 0 Å². The van der Waals surface area contributed by atoms with Crippen LogP contribution in [-0.4, -0.2) is 22.0 Å². The van der Waals surface area contributed by atoms with Gasteiger partial charge in [0.05, 0.1) is 5.56 Å². The third kappa shape index (κ3) is 4.32. The van der Waals surface area contributed by atoms with Gasteiger partial charge in [-0.1, -0.05) is 27.2 Å². The SMILES string of the molecule is CCCCn1c(N)c(N(CC(C)C)C(=O)c2cc(C)oc2C)c(=O)[nH]c1=O. The van der Waals surface area contributed by atoms with Gasteiger partial charge >= 0.3 is 5.69 Å². The van der Waals surface area contributed by atoms with Gasteiger partial charge in [-0.3, -0.25) is 19.1 Å². The number of unbranched alkanes of at least 4 members (excludes halogenated alkanes) is 1. The number of amides is 1. The van der Waals surface area contributed by atoms with Crippen LogP contribution in [0, 0.1) is 19.8 Å². The van der Waals surface area contributed by atoms with Gasteiger partial charge in [0, 0.05) is 13.1 Å². The molecule has 0 aliphatic heterocycles. The summed E-state index contributed by atoms with van der Waals surface area (Å²) in [6.45, 7) is 9.97. The third-order valence-corrected chi connectivity index (χ3v) is 4.28. The fraction of sp³-hybridized carbons (Fsp3) is 0.526. The predicted octanol–water partition coefficient (Wildman–Crippen LogP) is 2.43. The number of furan rings is 1. The van der Waals surface area contributed by atoms with Crippen LogP contribution in [0.4, 0.5) is 11.5 Å². The number of H-pyrrole nitrogens is 1. The van der Waals surface area contributed by atoms with Crippen molar-refractivity contribution >= 4 is 17.4 Å². The summed E-state index contributed by atoms with van der Waals surface area (Å²) in [5.41, 5.74) is 5.33. The number of aromatic nitrogens is 2. The van der Waals surface area contributed by atoms with Crippen LogP contribution in [0.5, 0.6) is 0 Å². The van der Waals surface area contributed by atoms with Gasteiger partial charge < -0.3 is 15.1 Å². The molecule has 3 N–H and O–H groups in total. The lowest BCUT2D eigenvalue weighted by Gasteiger charge is -2.26. The van der Waals surface area contributed by atoms with E-state index in [4.69, 9.17) is 10.2 Å². The number of anilines is 2. The first-order valence-corrected chi connectivity index (χ1v) is 9.18. The van der Waals surface area contributed by atoms with E-state index in [1.165, 1.54) is 9.47 Å². The lowest BCUT2D eigenvalue weighted by Crippen LogP contribution is -2.42. The molecule has 1 amide bonds. The van der Waals surface area contributed by atoms with E-state index in [9.17, 15) is 14.4 Å². The van der Waals surface area contributed by atoms with Crippen LogP contribution < -0.4 is 21.9 Å². The molecule has 2 aromatic rings. The van der Waals surface area contributed by atoms with Gasteiger partial charge in [0.25, 0.3) is 11.5 Å². The quantitative estimate of drug-likeness (QED) is 0.770. The maximum absolute atomic E-state index is 13.2. The Morgan fingerprint density at radius 1 is 1.33 bits per heavy atom. The number of nitrogen functional groups attached to an aromatic ring is 1. The van der Waals surface area contributed by atoms with E-state index in [1.54, 1.807) is 19.9 Å². The maximum atomic E-state index is 13.2. The lowest BCUT2D eigenvalue weighted by atomic mass is 10.1. The van der Waals surface area contributed by atoms with E-state index in [2.05, 4.69) is 4.98 Å². The molecule has 0 aromatic carbocycles. The molecule has 2 aromatic heterocycles. The highest BCUT2D eigenvalue weighted by Crippen LogP contribution is 2.23. The summed E-state index contributed by atoms with van der Waals surface area (Å²) >= 11 is 0. The summed E-state index contributed by atoms with van der Waals surface area (Å²) in [6.07, 6.45) is 1.59. The molecule has 0 aliphatic carbocycles. The first kappa shape index (κ1) is 20.5. The van der Waals surface area contributed by atoms with Gasteiger partial charge in [-0.25, -0.2) is 4.79 Å². The van der Waals surface area contributed by atoms with Crippen LogP contribution in [0.15, 0.2) is 20.1 Å². The highest BCUT2D eigenvalue weighted by Gasteiger charge is 2.28. The Labute approximate surface area is 158 Å². The molecule has 27 heavy (non-hydrogen) atoms. The van der Waals surface area contributed by atoms with Crippen LogP contribution in [0.3, 0.4) is 0 Å². The van der Waals surface area contributed by atoms with Crippen molar-refractivity contribution in [2.45, 2.75) is 54.0 Å². The fourth-order valence-corrected chi connectivity index (χ4v) is 3.01. The summed E-state index contributed by atoms with van der Waals surface area (Å²) in [7, 11) is 0. The Morgan fingerprint density at radius 2 is 2.00 bits per heavy atom. The summed E-state index contributed by atoms with van der Waals surface area (Å²) in [6, 6.07) is 1.64. The number of aromatic amines is 1. The standard InChI is InChI=1S/C19H28N4O4/c1-6-7-8-22-16(20)15(17(24)21-19(22)26)23(10-11(2)3)18(25)14-9-12(4)27-13(14)5/h9,11H,6-8,10,20H2,1-5H3,(H,21,24,26). The number of carbonyl (C=O) groups is 1. The van der Waals surface area contributed by atoms with Crippen molar-refractivity contribution in [3.05, 3.63) is 44.0 Å². The normalized spacial score (nSPS) is 11.2. The molecule has 0 saturated carbocycles. The van der Waals surface area contributed by atoms with Crippen molar-refractivity contribution in [3.63, 3.8) is 0 Å². The Balaban J connectivity index is 2.63. The number of carbonyl (C=O) groups excluding carboxylic acids is 1. The average Bonchev–Trinajstić information content (AvgIpc) is 2.91. The summed E-state index contributed by atoms with van der Waals surface area (Å²) in [4.78, 5) is 41.6. The minimum atomic E-state index is -0.669. The number of nitrogens with two attached hydrogens (primary N) is 1. The van der Waals surface area contributed by atoms with Gasteiger partial charge in [-0.15, -0.1) is 0 Å². The molecule has 8 nitrogen and oxygen atoms in total. The number of aryl methyl sites for hydroxylation is 2. The number of nitrogens with one attached hydrogen (secondary N) is 1. The van der Waals surface area contributed by atoms with Crippen molar-refractivity contribution in [1.82, 2.24) is 9.55 Å². The fourth-order valence-electron chi connectivity index (χ4n) is 3.01. The summed E-state index contributed by atoms with van der Waals surface area (Å²) in [5.74, 6) is 0.785. The zero-order valence-electron chi connectivity index (χ0n) is 16.6. The van der Waals surface area contributed by atoms with Crippen molar-refractivity contribution < 1.29 is 9.21 Å². The molecule has 148 valence electrons. The molecular weight excluding hydrogens is 348 g/mol. The van der Waals surface area contributed by atoms with Gasteiger partial charge in [0.2, 0.25) is 0 Å². The molecule has 0 bridgehead atoms. The molecule has 2 rings (SSSR count). The highest BCUT2D eigenvalue weighted by molar-refractivity contribution is 6.07. The van der Waals surface area contributed by atoms with Gasteiger partial charge in [-0.05, 0) is 32.3 Å². The molecule has 0 aliphatic rings. The van der Waals surface area contributed by atoms with E-state index in [0.29, 0.717) is 23.6 Å². The molecule has 8 heteroatoms. The number of nitrogens with zero attached hydrogens (tertiary/aromatic N) is 2. The number of rotatable bonds is 7. The van der Waals surface area contributed by atoms with Crippen molar-refractivity contribution in [3.8, 4) is 0 Å². The minimum absolute atomic E-state index is 0.00246. The van der Waals surface area contributed by atoms with Crippen molar-refractivity contribution in [1.29, 1.82) is 0 Å². The largest absolute Gasteiger partial charge is 0.466 e. The minimum Gasteiger partial charge on any atom is -0.466 e. The highest BCUT2D eigenvalue weighted by atomic mass is 16.3. The smallest absolute Gasteiger partial charge is 0.330 e. The second-order valence-electron chi connectivity index (χ2n) is 7.13. The second kappa shape index (κ2) is 8.28. The molecule has 0 fully saturated rings. The molecular formula is C19H28N4O4. The second-order valence-corrected chi connectivity index (χ2v) is 7.13. The molecule has 0 spiro atoms. The van der Waals surface area contributed by atoms with E-state index in [0.717, 1.165) is 12.8 Å². The summed E-state index contributed by atoms with van der Waals surface area (Å²) in [5, 5.41) is 0. The van der Waals surface area contributed by atoms with Gasteiger partial charge in [0.15, 0.2) is 5.69 Å². The first-order valence-electron chi connectivity index (χ1n) is 9.18. The maximum Gasteiger partial charge on any atom is 0.330 e. The zero-order valence-corrected chi connectivity index (χ0v) is 16.6. The Bertz CT molecular complexity index is 936. The lowest BCUT2D eigenvalue weighted by molar-refractivity contribution is 0.0982. The molecule has 0 radical (unpaired) electrons. The van der Waals surface area contributed by atoms with Crippen LogP contribution in [0.25, 0.3) is 0 Å². The summed E-state index contributed by atoms with van der Waals surface area (Å²) < 4.78 is 6.78. The molecule has 0 unspecified atom stereocenters. The topological polar surface area (TPSA) is 114 Å².